The summed E-state index contributed by atoms with van der Waals surface area (Å²) in [4.78, 5) is 0. The van der Waals surface area contributed by atoms with Crippen LogP contribution in [-0.2, 0) is 9.47 Å². The van der Waals surface area contributed by atoms with E-state index in [2.05, 4.69) is 6.92 Å². The second-order valence-corrected chi connectivity index (χ2v) is 3.80. The molecule has 2 aliphatic heterocycles. The van der Waals surface area contributed by atoms with E-state index in [0.29, 0.717) is 23.8 Å². The minimum atomic E-state index is 0.288. The van der Waals surface area contributed by atoms with E-state index in [4.69, 9.17) is 21.1 Å². The molecule has 2 heterocycles. The molecular formula is C8H13ClO2. The van der Waals surface area contributed by atoms with Crippen LogP contribution < -0.4 is 0 Å². The molecule has 3 heteroatoms. The standard InChI is InChI=1S/C8H13ClO2/c1-5-3-10-7(5)8-6(2-9)4-11-8/h5-8H,2-4H2,1H3. The Morgan fingerprint density at radius 1 is 1.27 bits per heavy atom. The predicted octanol–water partition coefficient (Wildman–Crippen LogP) is 1.28. The summed E-state index contributed by atoms with van der Waals surface area (Å²) in [5, 5.41) is 0. The molecule has 0 bridgehead atoms. The highest BCUT2D eigenvalue weighted by atomic mass is 35.5. The van der Waals surface area contributed by atoms with Gasteiger partial charge in [0.15, 0.2) is 0 Å². The van der Waals surface area contributed by atoms with Crippen molar-refractivity contribution in [2.24, 2.45) is 11.8 Å². The molecule has 0 amide bonds. The molecule has 2 rings (SSSR count). The lowest BCUT2D eigenvalue weighted by molar-refractivity contribution is -0.238. The summed E-state index contributed by atoms with van der Waals surface area (Å²) >= 11 is 5.74. The summed E-state index contributed by atoms with van der Waals surface area (Å²) in [5.74, 6) is 1.90. The lowest BCUT2D eigenvalue weighted by atomic mass is 9.85. The predicted molar refractivity (Wildman–Crippen MR) is 42.9 cm³/mol. The topological polar surface area (TPSA) is 18.5 Å². The molecule has 0 spiro atoms. The van der Waals surface area contributed by atoms with Crippen LogP contribution in [-0.4, -0.2) is 31.3 Å². The van der Waals surface area contributed by atoms with Crippen LogP contribution in [0.25, 0.3) is 0 Å². The zero-order chi connectivity index (χ0) is 7.84. The maximum absolute atomic E-state index is 5.74. The minimum absolute atomic E-state index is 0.288. The second kappa shape index (κ2) is 2.92. The largest absolute Gasteiger partial charge is 0.375 e. The molecule has 0 aliphatic carbocycles. The van der Waals surface area contributed by atoms with Crippen molar-refractivity contribution < 1.29 is 9.47 Å². The molecule has 0 radical (unpaired) electrons. The van der Waals surface area contributed by atoms with Gasteiger partial charge in [-0.05, 0) is 0 Å². The Hall–Kier alpha value is 0.210. The number of rotatable bonds is 2. The first-order valence-electron chi connectivity index (χ1n) is 4.12. The Morgan fingerprint density at radius 2 is 2.00 bits per heavy atom. The first kappa shape index (κ1) is 7.84. The van der Waals surface area contributed by atoms with Crippen LogP contribution in [0, 0.1) is 11.8 Å². The fourth-order valence-corrected chi connectivity index (χ4v) is 1.92. The fourth-order valence-electron chi connectivity index (χ4n) is 1.66. The maximum atomic E-state index is 5.74. The van der Waals surface area contributed by atoms with Gasteiger partial charge in [0, 0.05) is 17.7 Å². The van der Waals surface area contributed by atoms with Gasteiger partial charge in [-0.15, -0.1) is 11.6 Å². The van der Waals surface area contributed by atoms with Crippen LogP contribution in [0.2, 0.25) is 0 Å². The Morgan fingerprint density at radius 3 is 2.27 bits per heavy atom. The SMILES string of the molecule is CC1COC1C1OCC1CCl. The normalized spacial score (nSPS) is 49.6. The summed E-state index contributed by atoms with van der Waals surface area (Å²) < 4.78 is 10.8. The van der Waals surface area contributed by atoms with E-state index in [9.17, 15) is 0 Å². The number of alkyl halides is 1. The number of hydrogen-bond acceptors (Lipinski definition) is 2. The number of ether oxygens (including phenoxy) is 2. The molecule has 0 saturated carbocycles. The summed E-state index contributed by atoms with van der Waals surface area (Å²) in [7, 11) is 0. The van der Waals surface area contributed by atoms with Gasteiger partial charge < -0.3 is 9.47 Å². The third-order valence-corrected chi connectivity index (χ3v) is 3.00. The first-order valence-corrected chi connectivity index (χ1v) is 4.65. The molecule has 11 heavy (non-hydrogen) atoms. The zero-order valence-electron chi connectivity index (χ0n) is 6.63. The second-order valence-electron chi connectivity index (χ2n) is 3.49. The fraction of sp³-hybridized carbons (Fsp3) is 1.00. The Bertz CT molecular complexity index is 149. The molecule has 4 unspecified atom stereocenters. The third kappa shape index (κ3) is 1.17. The van der Waals surface area contributed by atoms with Gasteiger partial charge in [0.05, 0.1) is 25.4 Å². The Balaban J connectivity index is 1.85. The smallest absolute Gasteiger partial charge is 0.0901 e. The highest BCUT2D eigenvalue weighted by molar-refractivity contribution is 6.18. The summed E-state index contributed by atoms with van der Waals surface area (Å²) in [6.45, 7) is 3.90. The Kier molecular flexibility index (Phi) is 2.08. The van der Waals surface area contributed by atoms with Crippen molar-refractivity contribution in [2.75, 3.05) is 19.1 Å². The molecule has 2 fully saturated rings. The molecule has 2 nitrogen and oxygen atoms in total. The first-order chi connectivity index (χ1) is 5.33. The Labute approximate surface area is 71.8 Å². The number of hydrogen-bond donors (Lipinski definition) is 0. The van der Waals surface area contributed by atoms with Crippen LogP contribution >= 0.6 is 11.6 Å². The van der Waals surface area contributed by atoms with Crippen molar-refractivity contribution in [3.05, 3.63) is 0 Å². The lowest BCUT2D eigenvalue weighted by Gasteiger charge is -2.47. The van der Waals surface area contributed by atoms with Crippen LogP contribution in [0.1, 0.15) is 6.92 Å². The lowest BCUT2D eigenvalue weighted by Crippen LogP contribution is -2.57. The molecule has 64 valence electrons. The van der Waals surface area contributed by atoms with Gasteiger partial charge >= 0.3 is 0 Å². The average molecular weight is 177 g/mol. The van der Waals surface area contributed by atoms with E-state index >= 15 is 0 Å². The van der Waals surface area contributed by atoms with Gasteiger partial charge in [-0.3, -0.25) is 0 Å². The molecule has 0 aromatic heterocycles. The van der Waals surface area contributed by atoms with E-state index < -0.39 is 0 Å². The summed E-state index contributed by atoms with van der Waals surface area (Å²) in [5.41, 5.74) is 0. The molecule has 4 atom stereocenters. The number of halogens is 1. The molecule has 2 saturated heterocycles. The minimum Gasteiger partial charge on any atom is -0.375 e. The average Bonchev–Trinajstić information content (AvgIpc) is 1.96. The summed E-state index contributed by atoms with van der Waals surface area (Å²) in [6.07, 6.45) is 0.615. The van der Waals surface area contributed by atoms with E-state index in [1.54, 1.807) is 0 Å². The van der Waals surface area contributed by atoms with E-state index in [1.807, 2.05) is 0 Å². The van der Waals surface area contributed by atoms with Crippen molar-refractivity contribution in [3.8, 4) is 0 Å². The van der Waals surface area contributed by atoms with Crippen LogP contribution in [0.3, 0.4) is 0 Å². The molecule has 0 N–H and O–H groups in total. The van der Waals surface area contributed by atoms with Gasteiger partial charge in [-0.2, -0.15) is 0 Å². The van der Waals surface area contributed by atoms with Crippen LogP contribution in [0.5, 0.6) is 0 Å². The van der Waals surface area contributed by atoms with Gasteiger partial charge in [-0.25, -0.2) is 0 Å². The van der Waals surface area contributed by atoms with Crippen molar-refractivity contribution in [1.82, 2.24) is 0 Å². The molecule has 0 aromatic carbocycles. The maximum Gasteiger partial charge on any atom is 0.0901 e. The van der Waals surface area contributed by atoms with E-state index in [0.717, 1.165) is 13.2 Å². The summed E-state index contributed by atoms with van der Waals surface area (Å²) in [6, 6.07) is 0. The van der Waals surface area contributed by atoms with Gasteiger partial charge in [0.25, 0.3) is 0 Å². The molecule has 2 aliphatic rings. The molecular weight excluding hydrogens is 164 g/mol. The van der Waals surface area contributed by atoms with Gasteiger partial charge in [0.1, 0.15) is 0 Å². The van der Waals surface area contributed by atoms with Gasteiger partial charge in [-0.1, -0.05) is 6.92 Å². The quantitative estimate of drug-likeness (QED) is 0.591. The third-order valence-electron chi connectivity index (χ3n) is 2.60. The van der Waals surface area contributed by atoms with E-state index in [-0.39, 0.29) is 6.10 Å². The van der Waals surface area contributed by atoms with Crippen molar-refractivity contribution in [3.63, 3.8) is 0 Å². The van der Waals surface area contributed by atoms with Crippen LogP contribution in [0.15, 0.2) is 0 Å². The van der Waals surface area contributed by atoms with Crippen molar-refractivity contribution >= 4 is 11.6 Å². The van der Waals surface area contributed by atoms with Crippen molar-refractivity contribution in [1.29, 1.82) is 0 Å². The van der Waals surface area contributed by atoms with Crippen molar-refractivity contribution in [2.45, 2.75) is 19.1 Å². The zero-order valence-corrected chi connectivity index (χ0v) is 7.38. The van der Waals surface area contributed by atoms with Gasteiger partial charge in [0.2, 0.25) is 0 Å². The highest BCUT2D eigenvalue weighted by Crippen LogP contribution is 2.34. The van der Waals surface area contributed by atoms with Crippen LogP contribution in [0.4, 0.5) is 0 Å². The molecule has 0 aromatic rings. The monoisotopic (exact) mass is 176 g/mol. The van der Waals surface area contributed by atoms with E-state index in [1.165, 1.54) is 0 Å². The highest BCUT2D eigenvalue weighted by Gasteiger charge is 2.45.